The van der Waals surface area contributed by atoms with Crippen LogP contribution in [-0.2, 0) is 27.3 Å². The van der Waals surface area contributed by atoms with Crippen LogP contribution >= 0.6 is 0 Å². The molecule has 0 radical (unpaired) electrons. The first kappa shape index (κ1) is 17.1. The smallest absolute Gasteiger partial charge is 0.321 e. The molecule has 0 aliphatic carbocycles. The summed E-state index contributed by atoms with van der Waals surface area (Å²) < 4.78 is 9.80. The third-order valence-electron chi connectivity index (χ3n) is 2.91. The average Bonchev–Trinajstić information content (AvgIpc) is 3.07. The van der Waals surface area contributed by atoms with Gasteiger partial charge in [0.05, 0.1) is 19.2 Å². The van der Waals surface area contributed by atoms with Crippen molar-refractivity contribution in [2.24, 2.45) is 0 Å². The summed E-state index contributed by atoms with van der Waals surface area (Å²) in [6.07, 6.45) is 1.42. The summed E-state index contributed by atoms with van der Waals surface area (Å²) in [6, 6.07) is 8.65. The maximum absolute atomic E-state index is 11.6. The number of carbonyl (C=O) groups is 3. The molecule has 2 rings (SSSR count). The molecule has 1 aromatic carbocycles. The molecule has 3 amide bonds. The first-order chi connectivity index (χ1) is 11.5. The van der Waals surface area contributed by atoms with E-state index in [4.69, 9.17) is 14.3 Å². The Morgan fingerprint density at radius 1 is 1.12 bits per heavy atom. The number of phenolic OH excluding ortho intramolecular Hbond substituents is 1. The summed E-state index contributed by atoms with van der Waals surface area (Å²) in [7, 11) is 0. The van der Waals surface area contributed by atoms with Crippen LogP contribution in [-0.4, -0.2) is 29.6 Å². The summed E-state index contributed by atoms with van der Waals surface area (Å²) in [5, 5.41) is 13.6. The number of phenols is 1. The zero-order valence-electron chi connectivity index (χ0n) is 12.7. The molecule has 0 aliphatic rings. The van der Waals surface area contributed by atoms with Crippen LogP contribution in [0.2, 0.25) is 0 Å². The zero-order valence-corrected chi connectivity index (χ0v) is 12.7. The highest BCUT2D eigenvalue weighted by atomic mass is 16.5. The molecule has 1 heterocycles. The number of amides is 3. The van der Waals surface area contributed by atoms with Crippen LogP contribution in [0.4, 0.5) is 4.79 Å². The van der Waals surface area contributed by atoms with E-state index in [-0.39, 0.29) is 18.7 Å². The van der Waals surface area contributed by atoms with Gasteiger partial charge in [0.25, 0.3) is 5.91 Å². The Morgan fingerprint density at radius 3 is 2.54 bits per heavy atom. The van der Waals surface area contributed by atoms with Gasteiger partial charge in [-0.25, -0.2) is 4.79 Å². The van der Waals surface area contributed by atoms with Crippen molar-refractivity contribution in [2.45, 2.75) is 13.0 Å². The Balaban J connectivity index is 1.65. The molecule has 8 nitrogen and oxygen atoms in total. The molecule has 1 aromatic heterocycles. The second-order valence-corrected chi connectivity index (χ2v) is 4.81. The molecule has 2 aromatic rings. The maximum atomic E-state index is 11.6. The summed E-state index contributed by atoms with van der Waals surface area (Å²) in [5.41, 5.74) is 0.634. The first-order valence-electron chi connectivity index (χ1n) is 7.06. The lowest BCUT2D eigenvalue weighted by molar-refractivity contribution is -0.147. The number of furan rings is 1. The van der Waals surface area contributed by atoms with E-state index >= 15 is 0 Å². The van der Waals surface area contributed by atoms with Crippen molar-refractivity contribution in [1.82, 2.24) is 10.6 Å². The van der Waals surface area contributed by atoms with Gasteiger partial charge in [0.2, 0.25) is 0 Å². The number of hydrogen-bond acceptors (Lipinski definition) is 6. The van der Waals surface area contributed by atoms with Gasteiger partial charge in [-0.2, -0.15) is 0 Å². The van der Waals surface area contributed by atoms with Crippen molar-refractivity contribution >= 4 is 17.9 Å². The molecular weight excluding hydrogens is 316 g/mol. The highest BCUT2D eigenvalue weighted by Crippen LogP contribution is 2.10. The van der Waals surface area contributed by atoms with Crippen LogP contribution in [0, 0.1) is 0 Å². The molecule has 0 aliphatic heterocycles. The molecule has 0 atom stereocenters. The Kier molecular flexibility index (Phi) is 5.95. The van der Waals surface area contributed by atoms with Crippen molar-refractivity contribution in [1.29, 1.82) is 0 Å². The Hall–Kier alpha value is -3.29. The minimum absolute atomic E-state index is 0.0434. The largest absolute Gasteiger partial charge is 0.508 e. The second kappa shape index (κ2) is 8.37. The summed E-state index contributed by atoms with van der Waals surface area (Å²) in [6.45, 7) is -0.433. The standard InChI is InChI=1S/C16H16N2O6/c19-12-5-3-11(4-6-12)8-15(21)24-10-14(20)18-16(22)17-9-13-2-1-7-23-13/h1-7,19H,8-10H2,(H2,17,18,20,22). The van der Waals surface area contributed by atoms with Crippen molar-refractivity contribution in [3.8, 4) is 5.75 Å². The number of urea groups is 1. The van der Waals surface area contributed by atoms with Gasteiger partial charge < -0.3 is 19.6 Å². The SMILES string of the molecule is O=C(COC(=O)Cc1ccc(O)cc1)NC(=O)NCc1ccco1. The number of imide groups is 1. The van der Waals surface area contributed by atoms with Gasteiger partial charge in [0, 0.05) is 0 Å². The molecule has 0 spiro atoms. The molecule has 0 saturated carbocycles. The van der Waals surface area contributed by atoms with Crippen molar-refractivity contribution < 1.29 is 28.6 Å². The van der Waals surface area contributed by atoms with Gasteiger partial charge in [-0.3, -0.25) is 14.9 Å². The van der Waals surface area contributed by atoms with E-state index in [1.807, 2.05) is 5.32 Å². The molecule has 24 heavy (non-hydrogen) atoms. The van der Waals surface area contributed by atoms with E-state index in [1.54, 1.807) is 24.3 Å². The predicted octanol–water partition coefficient (Wildman–Crippen LogP) is 1.10. The first-order valence-corrected chi connectivity index (χ1v) is 7.06. The monoisotopic (exact) mass is 332 g/mol. The van der Waals surface area contributed by atoms with E-state index in [1.165, 1.54) is 18.4 Å². The molecule has 0 saturated heterocycles. The number of ether oxygens (including phenoxy) is 1. The summed E-state index contributed by atoms with van der Waals surface area (Å²) in [4.78, 5) is 34.6. The van der Waals surface area contributed by atoms with Crippen LogP contribution < -0.4 is 10.6 Å². The van der Waals surface area contributed by atoms with Gasteiger partial charge in [0.15, 0.2) is 6.61 Å². The topological polar surface area (TPSA) is 118 Å². The normalized spacial score (nSPS) is 10.0. The summed E-state index contributed by atoms with van der Waals surface area (Å²) >= 11 is 0. The van der Waals surface area contributed by atoms with Crippen molar-refractivity contribution in [2.75, 3.05) is 6.61 Å². The third kappa shape index (κ3) is 5.84. The lowest BCUT2D eigenvalue weighted by Gasteiger charge is -2.07. The molecule has 0 fully saturated rings. The average molecular weight is 332 g/mol. The highest BCUT2D eigenvalue weighted by molar-refractivity contribution is 5.95. The Labute approximate surface area is 137 Å². The van der Waals surface area contributed by atoms with Gasteiger partial charge in [-0.1, -0.05) is 12.1 Å². The van der Waals surface area contributed by atoms with Crippen molar-refractivity contribution in [3.05, 3.63) is 54.0 Å². The van der Waals surface area contributed by atoms with Gasteiger partial charge in [-0.15, -0.1) is 0 Å². The molecule has 3 N–H and O–H groups in total. The number of benzene rings is 1. The molecular formula is C16H16N2O6. The fourth-order valence-electron chi connectivity index (χ4n) is 1.77. The number of esters is 1. The van der Waals surface area contributed by atoms with Crippen LogP contribution in [0.1, 0.15) is 11.3 Å². The Morgan fingerprint density at radius 2 is 1.88 bits per heavy atom. The quantitative estimate of drug-likeness (QED) is 0.682. The third-order valence-corrected chi connectivity index (χ3v) is 2.91. The summed E-state index contributed by atoms with van der Waals surface area (Å²) in [5.74, 6) is -0.734. The van der Waals surface area contributed by atoms with Crippen LogP contribution in [0.25, 0.3) is 0 Å². The van der Waals surface area contributed by atoms with Gasteiger partial charge in [0.1, 0.15) is 11.5 Å². The zero-order chi connectivity index (χ0) is 17.4. The fourth-order valence-corrected chi connectivity index (χ4v) is 1.77. The predicted molar refractivity (Wildman–Crippen MR) is 81.9 cm³/mol. The highest BCUT2D eigenvalue weighted by Gasteiger charge is 2.11. The van der Waals surface area contributed by atoms with E-state index in [0.717, 1.165) is 0 Å². The molecule has 0 unspecified atom stereocenters. The second-order valence-electron chi connectivity index (χ2n) is 4.81. The van der Waals surface area contributed by atoms with E-state index in [0.29, 0.717) is 11.3 Å². The minimum Gasteiger partial charge on any atom is -0.508 e. The number of hydrogen-bond donors (Lipinski definition) is 3. The minimum atomic E-state index is -0.744. The maximum Gasteiger partial charge on any atom is 0.321 e. The van der Waals surface area contributed by atoms with Crippen LogP contribution in [0.15, 0.2) is 47.1 Å². The number of nitrogens with one attached hydrogen (secondary N) is 2. The van der Waals surface area contributed by atoms with Crippen LogP contribution in [0.5, 0.6) is 5.75 Å². The van der Waals surface area contributed by atoms with Gasteiger partial charge in [-0.05, 0) is 29.8 Å². The van der Waals surface area contributed by atoms with E-state index in [2.05, 4.69) is 5.32 Å². The molecule has 8 heteroatoms. The Bertz CT molecular complexity index is 694. The lowest BCUT2D eigenvalue weighted by atomic mass is 10.1. The van der Waals surface area contributed by atoms with Gasteiger partial charge >= 0.3 is 12.0 Å². The fraction of sp³-hybridized carbons (Fsp3) is 0.188. The molecule has 0 bridgehead atoms. The number of rotatable bonds is 6. The number of carbonyl (C=O) groups excluding carboxylic acids is 3. The van der Waals surface area contributed by atoms with Crippen molar-refractivity contribution in [3.63, 3.8) is 0 Å². The van der Waals surface area contributed by atoms with E-state index < -0.39 is 24.5 Å². The van der Waals surface area contributed by atoms with E-state index in [9.17, 15) is 14.4 Å². The number of aromatic hydroxyl groups is 1. The lowest BCUT2D eigenvalue weighted by Crippen LogP contribution is -2.41. The van der Waals surface area contributed by atoms with Crippen LogP contribution in [0.3, 0.4) is 0 Å². The molecule has 126 valence electrons.